The SMILES string of the molecule is CCCN(CCC)c1ccc(NC(=O)NC(C)C)nn1. The van der Waals surface area contributed by atoms with Crippen LogP contribution in [-0.4, -0.2) is 35.4 Å². The highest BCUT2D eigenvalue weighted by molar-refractivity contribution is 5.88. The van der Waals surface area contributed by atoms with E-state index in [-0.39, 0.29) is 12.1 Å². The number of aromatic nitrogens is 2. The second-order valence-corrected chi connectivity index (χ2v) is 5.02. The summed E-state index contributed by atoms with van der Waals surface area (Å²) in [6.45, 7) is 10.0. The van der Waals surface area contributed by atoms with Crippen LogP contribution in [0.25, 0.3) is 0 Å². The van der Waals surface area contributed by atoms with Gasteiger partial charge < -0.3 is 10.2 Å². The van der Waals surface area contributed by atoms with E-state index in [2.05, 4.69) is 39.6 Å². The second-order valence-electron chi connectivity index (χ2n) is 5.02. The topological polar surface area (TPSA) is 70.2 Å². The maximum absolute atomic E-state index is 11.5. The van der Waals surface area contributed by atoms with Gasteiger partial charge in [-0.25, -0.2) is 4.79 Å². The number of amides is 2. The molecule has 0 aliphatic heterocycles. The third kappa shape index (κ3) is 5.42. The summed E-state index contributed by atoms with van der Waals surface area (Å²) in [4.78, 5) is 13.7. The maximum Gasteiger partial charge on any atom is 0.320 e. The van der Waals surface area contributed by atoms with Crippen LogP contribution in [0.15, 0.2) is 12.1 Å². The maximum atomic E-state index is 11.5. The van der Waals surface area contributed by atoms with Gasteiger partial charge in [-0.05, 0) is 38.8 Å². The Morgan fingerprint density at radius 1 is 1.20 bits per heavy atom. The van der Waals surface area contributed by atoms with Crippen molar-refractivity contribution in [2.24, 2.45) is 0 Å². The molecule has 1 rings (SSSR count). The number of urea groups is 1. The third-order valence-corrected chi connectivity index (χ3v) is 2.62. The average molecular weight is 279 g/mol. The Labute approximate surface area is 121 Å². The molecule has 0 saturated heterocycles. The van der Waals surface area contributed by atoms with Crippen LogP contribution in [0.1, 0.15) is 40.5 Å². The summed E-state index contributed by atoms with van der Waals surface area (Å²) in [5.74, 6) is 1.31. The van der Waals surface area contributed by atoms with Crippen molar-refractivity contribution in [3.8, 4) is 0 Å². The highest BCUT2D eigenvalue weighted by Crippen LogP contribution is 2.12. The summed E-state index contributed by atoms with van der Waals surface area (Å²) in [5.41, 5.74) is 0. The zero-order valence-electron chi connectivity index (χ0n) is 12.8. The fourth-order valence-corrected chi connectivity index (χ4v) is 1.86. The molecular formula is C14H25N5O. The first kappa shape index (κ1) is 16.2. The molecule has 6 heteroatoms. The van der Waals surface area contributed by atoms with Gasteiger partial charge in [0.05, 0.1) is 0 Å². The van der Waals surface area contributed by atoms with Gasteiger partial charge in [0, 0.05) is 19.1 Å². The number of carbonyl (C=O) groups excluding carboxylic acids is 1. The van der Waals surface area contributed by atoms with Crippen LogP contribution in [0.2, 0.25) is 0 Å². The lowest BCUT2D eigenvalue weighted by molar-refractivity contribution is 0.250. The first-order valence-corrected chi connectivity index (χ1v) is 7.23. The second kappa shape index (κ2) is 8.35. The number of hydrogen-bond donors (Lipinski definition) is 2. The molecule has 0 bridgehead atoms. The molecule has 0 spiro atoms. The minimum Gasteiger partial charge on any atom is -0.355 e. The van der Waals surface area contributed by atoms with Crippen LogP contribution >= 0.6 is 0 Å². The van der Waals surface area contributed by atoms with Crippen LogP contribution in [-0.2, 0) is 0 Å². The van der Waals surface area contributed by atoms with Gasteiger partial charge in [-0.3, -0.25) is 5.32 Å². The number of carbonyl (C=O) groups is 1. The lowest BCUT2D eigenvalue weighted by Gasteiger charge is -2.21. The Kier molecular flexibility index (Phi) is 6.76. The van der Waals surface area contributed by atoms with Crippen LogP contribution in [0.3, 0.4) is 0 Å². The number of anilines is 2. The van der Waals surface area contributed by atoms with Crippen molar-refractivity contribution in [1.82, 2.24) is 15.5 Å². The Bertz CT molecular complexity index is 399. The molecule has 0 aliphatic rings. The van der Waals surface area contributed by atoms with E-state index in [1.165, 1.54) is 0 Å². The van der Waals surface area contributed by atoms with Crippen LogP contribution < -0.4 is 15.5 Å². The molecule has 0 fully saturated rings. The van der Waals surface area contributed by atoms with Crippen molar-refractivity contribution in [1.29, 1.82) is 0 Å². The van der Waals surface area contributed by atoms with E-state index in [9.17, 15) is 4.79 Å². The Morgan fingerprint density at radius 2 is 1.85 bits per heavy atom. The van der Waals surface area contributed by atoms with Crippen LogP contribution in [0.4, 0.5) is 16.4 Å². The monoisotopic (exact) mass is 279 g/mol. The minimum absolute atomic E-state index is 0.0897. The minimum atomic E-state index is -0.263. The molecule has 0 aliphatic carbocycles. The first-order chi connectivity index (χ1) is 9.56. The molecule has 20 heavy (non-hydrogen) atoms. The quantitative estimate of drug-likeness (QED) is 0.805. The molecule has 6 nitrogen and oxygen atoms in total. The van der Waals surface area contributed by atoms with Gasteiger partial charge in [-0.15, -0.1) is 10.2 Å². The molecule has 0 radical (unpaired) electrons. The summed E-state index contributed by atoms with van der Waals surface area (Å²) >= 11 is 0. The molecule has 1 aromatic heterocycles. The molecule has 2 amide bonds. The van der Waals surface area contributed by atoms with Crippen molar-refractivity contribution >= 4 is 17.7 Å². The summed E-state index contributed by atoms with van der Waals surface area (Å²) in [7, 11) is 0. The third-order valence-electron chi connectivity index (χ3n) is 2.62. The Morgan fingerprint density at radius 3 is 2.30 bits per heavy atom. The van der Waals surface area contributed by atoms with Gasteiger partial charge in [0.15, 0.2) is 11.6 Å². The van der Waals surface area contributed by atoms with Gasteiger partial charge in [-0.1, -0.05) is 13.8 Å². The van der Waals surface area contributed by atoms with E-state index in [1.54, 1.807) is 6.07 Å². The molecule has 112 valence electrons. The van der Waals surface area contributed by atoms with Crippen molar-refractivity contribution < 1.29 is 4.79 Å². The zero-order valence-corrected chi connectivity index (χ0v) is 12.8. The Balaban J connectivity index is 2.64. The standard InChI is InChI=1S/C14H25N5O/c1-5-9-19(10-6-2)13-8-7-12(17-18-13)16-14(20)15-11(3)4/h7-8,11H,5-6,9-10H2,1-4H3,(H2,15,16,17,20). The highest BCUT2D eigenvalue weighted by Gasteiger charge is 2.08. The predicted octanol–water partition coefficient (Wildman–Crippen LogP) is 2.63. The zero-order chi connectivity index (χ0) is 15.0. The molecule has 0 atom stereocenters. The van der Waals surface area contributed by atoms with E-state index < -0.39 is 0 Å². The predicted molar refractivity (Wildman–Crippen MR) is 82.1 cm³/mol. The van der Waals surface area contributed by atoms with Gasteiger partial charge in [0.2, 0.25) is 0 Å². The van der Waals surface area contributed by atoms with E-state index in [4.69, 9.17) is 0 Å². The van der Waals surface area contributed by atoms with E-state index in [0.29, 0.717) is 5.82 Å². The number of nitrogens with one attached hydrogen (secondary N) is 2. The molecule has 1 heterocycles. The van der Waals surface area contributed by atoms with Gasteiger partial charge in [-0.2, -0.15) is 0 Å². The molecule has 2 N–H and O–H groups in total. The smallest absolute Gasteiger partial charge is 0.320 e. The van der Waals surface area contributed by atoms with Gasteiger partial charge in [0.1, 0.15) is 0 Å². The largest absolute Gasteiger partial charge is 0.355 e. The Hall–Kier alpha value is -1.85. The van der Waals surface area contributed by atoms with Crippen molar-refractivity contribution in [3.05, 3.63) is 12.1 Å². The molecule has 1 aromatic rings. The molecule has 0 aromatic carbocycles. The lowest BCUT2D eigenvalue weighted by Crippen LogP contribution is -2.34. The van der Waals surface area contributed by atoms with Gasteiger partial charge in [0.25, 0.3) is 0 Å². The normalized spacial score (nSPS) is 10.4. The van der Waals surface area contributed by atoms with E-state index >= 15 is 0 Å². The average Bonchev–Trinajstić information content (AvgIpc) is 2.38. The van der Waals surface area contributed by atoms with Crippen molar-refractivity contribution in [3.63, 3.8) is 0 Å². The number of rotatable bonds is 7. The fourth-order valence-electron chi connectivity index (χ4n) is 1.86. The molecular weight excluding hydrogens is 254 g/mol. The summed E-state index contributed by atoms with van der Waals surface area (Å²) < 4.78 is 0. The first-order valence-electron chi connectivity index (χ1n) is 7.23. The summed E-state index contributed by atoms with van der Waals surface area (Å²) in [6, 6.07) is 3.50. The van der Waals surface area contributed by atoms with Crippen LogP contribution in [0, 0.1) is 0 Å². The lowest BCUT2D eigenvalue weighted by atomic mass is 10.3. The van der Waals surface area contributed by atoms with Crippen LogP contribution in [0.5, 0.6) is 0 Å². The number of nitrogens with zero attached hydrogens (tertiary/aromatic N) is 3. The fraction of sp³-hybridized carbons (Fsp3) is 0.643. The van der Waals surface area contributed by atoms with Crippen molar-refractivity contribution in [2.75, 3.05) is 23.3 Å². The highest BCUT2D eigenvalue weighted by atomic mass is 16.2. The molecule has 0 unspecified atom stereocenters. The summed E-state index contributed by atoms with van der Waals surface area (Å²) in [6.07, 6.45) is 2.14. The number of hydrogen-bond acceptors (Lipinski definition) is 4. The molecule has 0 saturated carbocycles. The summed E-state index contributed by atoms with van der Waals surface area (Å²) in [5, 5.41) is 13.6. The van der Waals surface area contributed by atoms with Crippen molar-refractivity contribution in [2.45, 2.75) is 46.6 Å². The van der Waals surface area contributed by atoms with E-state index in [0.717, 1.165) is 31.7 Å². The van der Waals surface area contributed by atoms with Gasteiger partial charge >= 0.3 is 6.03 Å². The van der Waals surface area contributed by atoms with E-state index in [1.807, 2.05) is 19.9 Å².